The number of carbonyl (C=O) groups excluding carboxylic acids is 2. The van der Waals surface area contributed by atoms with Crippen molar-refractivity contribution in [3.63, 3.8) is 0 Å². The lowest BCUT2D eigenvalue weighted by atomic mass is 10.0. The first-order valence-electron chi connectivity index (χ1n) is 17.4. The fraction of sp³-hybridized carbons (Fsp3) is 0.943. The molecule has 0 aliphatic heterocycles. The van der Waals surface area contributed by atoms with Crippen molar-refractivity contribution in [2.45, 2.75) is 194 Å². The number of rotatable bonds is 31. The molecule has 5 heteroatoms. The van der Waals surface area contributed by atoms with E-state index in [4.69, 9.17) is 9.47 Å². The third-order valence-electron chi connectivity index (χ3n) is 7.77. The van der Waals surface area contributed by atoms with Crippen LogP contribution in [-0.2, 0) is 19.1 Å². The summed E-state index contributed by atoms with van der Waals surface area (Å²) < 4.78 is 10.3. The molecule has 0 radical (unpaired) electrons. The summed E-state index contributed by atoms with van der Waals surface area (Å²) in [5.74, 6) is 0.280. The predicted octanol–water partition coefficient (Wildman–Crippen LogP) is 10.3. The average molecular weight is 569 g/mol. The van der Waals surface area contributed by atoms with Crippen LogP contribution in [0.1, 0.15) is 188 Å². The van der Waals surface area contributed by atoms with Gasteiger partial charge >= 0.3 is 11.9 Å². The van der Waals surface area contributed by atoms with Gasteiger partial charge in [-0.3, -0.25) is 9.59 Å². The summed E-state index contributed by atoms with van der Waals surface area (Å²) >= 11 is 0. The van der Waals surface area contributed by atoms with Crippen LogP contribution in [0.3, 0.4) is 0 Å². The second-order valence-corrected chi connectivity index (χ2v) is 12.5. The van der Waals surface area contributed by atoms with Crippen LogP contribution in [0.5, 0.6) is 0 Å². The van der Waals surface area contributed by atoms with Crippen molar-refractivity contribution in [3.8, 4) is 0 Å². The summed E-state index contributed by atoms with van der Waals surface area (Å²) in [7, 11) is 0. The van der Waals surface area contributed by atoms with Crippen molar-refractivity contribution in [2.75, 3.05) is 13.2 Å². The summed E-state index contributed by atoms with van der Waals surface area (Å²) in [6, 6.07) is 0. The number of hydrogen-bond acceptors (Lipinski definition) is 5. The Morgan fingerprint density at radius 2 is 0.800 bits per heavy atom. The highest BCUT2D eigenvalue weighted by Gasteiger charge is 2.12. The van der Waals surface area contributed by atoms with Crippen LogP contribution in [0.15, 0.2) is 0 Å². The Kier molecular flexibility index (Phi) is 30.0. The highest BCUT2D eigenvalue weighted by molar-refractivity contribution is 5.69. The van der Waals surface area contributed by atoms with Crippen LogP contribution in [0, 0.1) is 5.92 Å². The van der Waals surface area contributed by atoms with Gasteiger partial charge in [0.25, 0.3) is 0 Å². The van der Waals surface area contributed by atoms with Gasteiger partial charge in [0.2, 0.25) is 0 Å². The molecule has 238 valence electrons. The Bertz CT molecular complexity index is 548. The normalized spacial score (nSPS) is 12.1. The molecule has 0 aliphatic rings. The Hall–Kier alpha value is -1.10. The van der Waals surface area contributed by atoms with E-state index in [9.17, 15) is 14.7 Å². The molecule has 0 aromatic heterocycles. The molecule has 0 saturated carbocycles. The first kappa shape index (κ1) is 38.9. The minimum atomic E-state index is -0.954. The predicted molar refractivity (Wildman–Crippen MR) is 168 cm³/mol. The molecule has 0 unspecified atom stereocenters. The van der Waals surface area contributed by atoms with Crippen LogP contribution >= 0.6 is 0 Å². The Balaban J connectivity index is 3.40. The first-order chi connectivity index (χ1) is 19.5. The van der Waals surface area contributed by atoms with Gasteiger partial charge in [-0.1, -0.05) is 162 Å². The van der Waals surface area contributed by atoms with Gasteiger partial charge in [0.15, 0.2) is 0 Å². The molecule has 0 rings (SSSR count). The molecular weight excluding hydrogens is 500 g/mol. The lowest BCUT2D eigenvalue weighted by molar-refractivity contribution is -0.152. The summed E-state index contributed by atoms with van der Waals surface area (Å²) in [4.78, 5) is 23.8. The van der Waals surface area contributed by atoms with Crippen molar-refractivity contribution in [2.24, 2.45) is 5.92 Å². The summed E-state index contributed by atoms with van der Waals surface area (Å²) in [6.45, 7) is 6.64. The van der Waals surface area contributed by atoms with Gasteiger partial charge in [-0.15, -0.1) is 0 Å². The van der Waals surface area contributed by atoms with E-state index in [2.05, 4.69) is 20.8 Å². The zero-order valence-corrected chi connectivity index (χ0v) is 27.0. The molecule has 0 aromatic rings. The number of carbonyl (C=O) groups is 2. The molecule has 0 saturated heterocycles. The van der Waals surface area contributed by atoms with Crippen LogP contribution in [0.2, 0.25) is 0 Å². The van der Waals surface area contributed by atoms with E-state index in [0.717, 1.165) is 31.6 Å². The molecule has 1 N–H and O–H groups in total. The molecule has 5 nitrogen and oxygen atoms in total. The zero-order valence-electron chi connectivity index (χ0n) is 27.0. The molecule has 0 fully saturated rings. The highest BCUT2D eigenvalue weighted by atomic mass is 16.6. The fourth-order valence-electron chi connectivity index (χ4n) is 5.09. The third kappa shape index (κ3) is 31.4. The van der Waals surface area contributed by atoms with Gasteiger partial charge in [0.05, 0.1) is 0 Å². The second-order valence-electron chi connectivity index (χ2n) is 12.5. The monoisotopic (exact) mass is 569 g/mol. The maximum atomic E-state index is 11.9. The topological polar surface area (TPSA) is 72.8 Å². The van der Waals surface area contributed by atoms with Crippen molar-refractivity contribution in [3.05, 3.63) is 0 Å². The number of aliphatic hydroxyl groups is 1. The smallest absolute Gasteiger partial charge is 0.305 e. The van der Waals surface area contributed by atoms with Gasteiger partial charge < -0.3 is 14.6 Å². The molecule has 1 atom stereocenters. The number of aliphatic hydroxyl groups excluding tert-OH is 1. The largest absolute Gasteiger partial charge is 0.463 e. The molecule has 0 aromatic carbocycles. The van der Waals surface area contributed by atoms with Gasteiger partial charge in [-0.25, -0.2) is 0 Å². The molecule has 0 heterocycles. The van der Waals surface area contributed by atoms with Gasteiger partial charge in [0.1, 0.15) is 19.3 Å². The van der Waals surface area contributed by atoms with Gasteiger partial charge in [-0.2, -0.15) is 0 Å². The number of esters is 2. The highest BCUT2D eigenvalue weighted by Crippen LogP contribution is 2.15. The van der Waals surface area contributed by atoms with Crippen LogP contribution in [0.25, 0.3) is 0 Å². The average Bonchev–Trinajstić information content (AvgIpc) is 2.93. The lowest BCUT2D eigenvalue weighted by Crippen LogP contribution is -2.25. The van der Waals surface area contributed by atoms with E-state index in [0.29, 0.717) is 12.8 Å². The van der Waals surface area contributed by atoms with E-state index < -0.39 is 6.10 Å². The Morgan fingerprint density at radius 3 is 1.12 bits per heavy atom. The van der Waals surface area contributed by atoms with Crippen molar-refractivity contribution in [1.82, 2.24) is 0 Å². The van der Waals surface area contributed by atoms with Gasteiger partial charge in [-0.05, 0) is 18.8 Å². The third-order valence-corrected chi connectivity index (χ3v) is 7.77. The van der Waals surface area contributed by atoms with Crippen molar-refractivity contribution in [1.29, 1.82) is 0 Å². The van der Waals surface area contributed by atoms with Gasteiger partial charge in [0, 0.05) is 12.8 Å². The minimum Gasteiger partial charge on any atom is -0.463 e. The molecule has 40 heavy (non-hydrogen) atoms. The quantitative estimate of drug-likeness (QED) is 0.0665. The molecule has 0 spiro atoms. The zero-order chi connectivity index (χ0) is 29.5. The first-order valence-corrected chi connectivity index (χ1v) is 17.4. The summed E-state index contributed by atoms with van der Waals surface area (Å²) in [5, 5.41) is 9.96. The van der Waals surface area contributed by atoms with Crippen LogP contribution < -0.4 is 0 Å². The summed E-state index contributed by atoms with van der Waals surface area (Å²) in [5.41, 5.74) is 0. The maximum absolute atomic E-state index is 11.9. The van der Waals surface area contributed by atoms with Crippen molar-refractivity contribution < 1.29 is 24.2 Å². The fourth-order valence-corrected chi connectivity index (χ4v) is 5.09. The van der Waals surface area contributed by atoms with E-state index >= 15 is 0 Å². The van der Waals surface area contributed by atoms with Crippen molar-refractivity contribution >= 4 is 11.9 Å². The van der Waals surface area contributed by atoms with Crippen LogP contribution in [0.4, 0.5) is 0 Å². The standard InChI is InChI=1S/C35H68O5/c1-4-5-6-7-8-9-10-13-16-19-22-25-28-34(37)39-30-33(36)31-40-35(38)29-26-23-20-17-14-11-12-15-18-21-24-27-32(2)3/h32-33,36H,4-31H2,1-3H3/t33-/m1/s1. The number of unbranched alkanes of at least 4 members (excludes halogenated alkanes) is 21. The molecule has 0 aliphatic carbocycles. The minimum absolute atomic E-state index is 0.109. The second kappa shape index (κ2) is 30.8. The maximum Gasteiger partial charge on any atom is 0.305 e. The SMILES string of the molecule is CCCCCCCCCCCCCCC(=O)OC[C@@H](O)COC(=O)CCCCCCCCCCCCCC(C)C. The Labute approximate surface area is 248 Å². The number of ether oxygens (including phenoxy) is 2. The van der Waals surface area contributed by atoms with E-state index in [1.165, 1.54) is 128 Å². The molecular formula is C35H68O5. The van der Waals surface area contributed by atoms with E-state index in [1.807, 2.05) is 0 Å². The number of hydrogen-bond donors (Lipinski definition) is 1. The molecule has 0 amide bonds. The summed E-state index contributed by atoms with van der Waals surface area (Å²) in [6.07, 6.45) is 30.0. The lowest BCUT2D eigenvalue weighted by Gasteiger charge is -2.12. The van der Waals surface area contributed by atoms with Crippen LogP contribution in [-0.4, -0.2) is 36.4 Å². The Morgan fingerprint density at radius 1 is 0.500 bits per heavy atom. The van der Waals surface area contributed by atoms with E-state index in [-0.39, 0.29) is 25.2 Å². The van der Waals surface area contributed by atoms with E-state index in [1.54, 1.807) is 0 Å². The molecule has 0 bridgehead atoms.